The minimum Gasteiger partial charge on any atom is -0.309 e. The van der Waals surface area contributed by atoms with Gasteiger partial charge in [0.05, 0.1) is 11.6 Å². The van der Waals surface area contributed by atoms with Gasteiger partial charge in [-0.05, 0) is 61.0 Å². The molecule has 124 valence electrons. The summed E-state index contributed by atoms with van der Waals surface area (Å²) in [4.78, 5) is 3.46. The molecule has 1 aliphatic rings. The third-order valence-electron chi connectivity index (χ3n) is 4.01. The lowest BCUT2D eigenvalue weighted by atomic mass is 9.92. The van der Waals surface area contributed by atoms with E-state index >= 15 is 0 Å². The molecule has 2 aromatic carbocycles. The molecule has 0 unspecified atom stereocenters. The lowest BCUT2D eigenvalue weighted by Crippen LogP contribution is -2.12. The third kappa shape index (κ3) is 4.10. The highest BCUT2D eigenvalue weighted by molar-refractivity contribution is 8.93. The van der Waals surface area contributed by atoms with Gasteiger partial charge in [-0.15, -0.1) is 28.7 Å². The van der Waals surface area contributed by atoms with Gasteiger partial charge in [0, 0.05) is 17.2 Å². The van der Waals surface area contributed by atoms with Crippen LogP contribution < -0.4 is 0 Å². The first-order valence-electron chi connectivity index (χ1n) is 7.79. The molecule has 2 aromatic rings. The SMILES string of the molecule is Br.CN(C)CC/C=C1\c2ccccc2CSc2ccc(C#N)cc21. The van der Waals surface area contributed by atoms with Crippen LogP contribution in [0, 0.1) is 11.3 Å². The summed E-state index contributed by atoms with van der Waals surface area (Å²) in [6, 6.07) is 16.9. The van der Waals surface area contributed by atoms with Gasteiger partial charge in [-0.3, -0.25) is 0 Å². The molecular formula is C20H21BrN2S. The van der Waals surface area contributed by atoms with E-state index in [0.717, 1.165) is 24.3 Å². The van der Waals surface area contributed by atoms with Gasteiger partial charge < -0.3 is 4.90 Å². The Hall–Kier alpha value is -1.54. The van der Waals surface area contributed by atoms with E-state index in [-0.39, 0.29) is 17.0 Å². The summed E-state index contributed by atoms with van der Waals surface area (Å²) >= 11 is 1.85. The highest BCUT2D eigenvalue weighted by Crippen LogP contribution is 2.40. The van der Waals surface area contributed by atoms with Crippen molar-refractivity contribution in [3.8, 4) is 6.07 Å². The van der Waals surface area contributed by atoms with Crippen molar-refractivity contribution in [2.75, 3.05) is 20.6 Å². The normalized spacial score (nSPS) is 14.3. The van der Waals surface area contributed by atoms with Gasteiger partial charge in [-0.25, -0.2) is 0 Å². The fourth-order valence-electron chi connectivity index (χ4n) is 2.83. The first-order chi connectivity index (χ1) is 11.2. The predicted molar refractivity (Wildman–Crippen MR) is 108 cm³/mol. The Morgan fingerprint density at radius 1 is 1.17 bits per heavy atom. The highest BCUT2D eigenvalue weighted by Gasteiger charge is 2.18. The number of hydrogen-bond acceptors (Lipinski definition) is 3. The minimum absolute atomic E-state index is 0. The summed E-state index contributed by atoms with van der Waals surface area (Å²) in [5.41, 5.74) is 5.84. The van der Waals surface area contributed by atoms with Crippen LogP contribution in [0.4, 0.5) is 0 Å². The van der Waals surface area contributed by atoms with Crippen LogP contribution in [0.25, 0.3) is 5.57 Å². The molecule has 0 saturated carbocycles. The Balaban J connectivity index is 0.00000208. The molecule has 1 aliphatic heterocycles. The molecule has 0 amide bonds. The molecular weight excluding hydrogens is 380 g/mol. The standard InChI is InChI=1S/C20H20N2S.BrH/c1-22(2)11-5-8-18-17-7-4-3-6-16(17)14-23-20-10-9-15(13-21)12-19(18)20;/h3-4,6-10,12H,5,11,14H2,1-2H3;1H/b18-8+;. The van der Waals surface area contributed by atoms with Crippen molar-refractivity contribution in [3.63, 3.8) is 0 Å². The van der Waals surface area contributed by atoms with E-state index in [4.69, 9.17) is 0 Å². The average Bonchev–Trinajstić information content (AvgIpc) is 2.71. The van der Waals surface area contributed by atoms with Crippen molar-refractivity contribution in [1.82, 2.24) is 4.90 Å². The largest absolute Gasteiger partial charge is 0.309 e. The predicted octanol–water partition coefficient (Wildman–Crippen LogP) is 5.13. The first-order valence-corrected chi connectivity index (χ1v) is 8.78. The Bertz CT molecular complexity index is 790. The average molecular weight is 401 g/mol. The van der Waals surface area contributed by atoms with Crippen LogP contribution in [0.2, 0.25) is 0 Å². The van der Waals surface area contributed by atoms with Crippen LogP contribution in [0.5, 0.6) is 0 Å². The molecule has 0 saturated heterocycles. The zero-order valence-electron chi connectivity index (χ0n) is 14.0. The number of nitriles is 1. The summed E-state index contributed by atoms with van der Waals surface area (Å²) in [5, 5.41) is 9.26. The van der Waals surface area contributed by atoms with Crippen molar-refractivity contribution in [3.05, 3.63) is 70.8 Å². The van der Waals surface area contributed by atoms with Crippen molar-refractivity contribution >= 4 is 34.3 Å². The van der Waals surface area contributed by atoms with E-state index < -0.39 is 0 Å². The van der Waals surface area contributed by atoms with E-state index in [1.807, 2.05) is 23.9 Å². The zero-order valence-corrected chi connectivity index (χ0v) is 16.5. The van der Waals surface area contributed by atoms with E-state index in [9.17, 15) is 5.26 Å². The monoisotopic (exact) mass is 400 g/mol. The molecule has 0 aromatic heterocycles. The van der Waals surface area contributed by atoms with Gasteiger partial charge in [-0.1, -0.05) is 30.3 Å². The van der Waals surface area contributed by atoms with Crippen LogP contribution in [-0.2, 0) is 5.75 Å². The van der Waals surface area contributed by atoms with Crippen molar-refractivity contribution in [2.45, 2.75) is 17.1 Å². The summed E-state index contributed by atoms with van der Waals surface area (Å²) in [6.07, 6.45) is 3.32. The quantitative estimate of drug-likeness (QED) is 0.714. The number of nitrogens with zero attached hydrogens (tertiary/aromatic N) is 2. The van der Waals surface area contributed by atoms with Crippen LogP contribution in [0.15, 0.2) is 53.4 Å². The molecule has 0 atom stereocenters. The molecule has 0 N–H and O–H groups in total. The first kappa shape index (κ1) is 18.8. The molecule has 0 aliphatic carbocycles. The number of benzene rings is 2. The summed E-state index contributed by atoms with van der Waals surface area (Å²) < 4.78 is 0. The second-order valence-electron chi connectivity index (χ2n) is 5.98. The Morgan fingerprint density at radius 3 is 2.71 bits per heavy atom. The fraction of sp³-hybridized carbons (Fsp3) is 0.250. The van der Waals surface area contributed by atoms with Crippen LogP contribution in [0.3, 0.4) is 0 Å². The number of rotatable bonds is 3. The molecule has 4 heteroatoms. The summed E-state index contributed by atoms with van der Waals surface area (Å²) in [7, 11) is 4.19. The van der Waals surface area contributed by atoms with Crippen molar-refractivity contribution < 1.29 is 0 Å². The Kier molecular flexibility index (Phi) is 6.68. The van der Waals surface area contributed by atoms with E-state index in [2.05, 4.69) is 61.5 Å². The molecule has 0 bridgehead atoms. The topological polar surface area (TPSA) is 27.0 Å². The second-order valence-corrected chi connectivity index (χ2v) is 7.00. The van der Waals surface area contributed by atoms with Gasteiger partial charge in [0.1, 0.15) is 0 Å². The number of fused-ring (bicyclic) bond motifs is 2. The molecule has 0 fully saturated rings. The lowest BCUT2D eigenvalue weighted by Gasteiger charge is -2.13. The van der Waals surface area contributed by atoms with Gasteiger partial charge in [-0.2, -0.15) is 5.26 Å². The van der Waals surface area contributed by atoms with Gasteiger partial charge >= 0.3 is 0 Å². The van der Waals surface area contributed by atoms with Gasteiger partial charge in [0.15, 0.2) is 0 Å². The maximum Gasteiger partial charge on any atom is 0.0991 e. The summed E-state index contributed by atoms with van der Waals surface area (Å²) in [6.45, 7) is 1.02. The van der Waals surface area contributed by atoms with Gasteiger partial charge in [0.2, 0.25) is 0 Å². The maximum absolute atomic E-state index is 9.26. The van der Waals surface area contributed by atoms with Crippen molar-refractivity contribution in [1.29, 1.82) is 5.26 Å². The smallest absolute Gasteiger partial charge is 0.0991 e. The van der Waals surface area contributed by atoms with E-state index in [1.54, 1.807) is 0 Å². The number of thioether (sulfide) groups is 1. The molecule has 2 nitrogen and oxygen atoms in total. The highest BCUT2D eigenvalue weighted by atomic mass is 79.9. The Morgan fingerprint density at radius 2 is 1.96 bits per heavy atom. The van der Waals surface area contributed by atoms with Crippen LogP contribution in [-0.4, -0.2) is 25.5 Å². The van der Waals surface area contributed by atoms with Gasteiger partial charge in [0.25, 0.3) is 0 Å². The van der Waals surface area contributed by atoms with E-state index in [0.29, 0.717) is 0 Å². The van der Waals surface area contributed by atoms with Crippen LogP contribution in [0.1, 0.15) is 28.7 Å². The fourth-order valence-corrected chi connectivity index (χ4v) is 3.88. The lowest BCUT2D eigenvalue weighted by molar-refractivity contribution is 0.417. The zero-order chi connectivity index (χ0) is 16.2. The second kappa shape index (κ2) is 8.53. The summed E-state index contributed by atoms with van der Waals surface area (Å²) in [5.74, 6) is 0.972. The third-order valence-corrected chi connectivity index (χ3v) is 5.14. The minimum atomic E-state index is 0. The molecule has 24 heavy (non-hydrogen) atoms. The molecule has 0 spiro atoms. The van der Waals surface area contributed by atoms with Crippen LogP contribution >= 0.6 is 28.7 Å². The molecule has 0 radical (unpaired) electrons. The Labute approximate surface area is 159 Å². The van der Waals surface area contributed by atoms with E-state index in [1.165, 1.54) is 27.2 Å². The molecule has 3 rings (SSSR count). The number of halogens is 1. The molecule has 1 heterocycles. The maximum atomic E-state index is 9.26. The van der Waals surface area contributed by atoms with Crippen molar-refractivity contribution in [2.24, 2.45) is 0 Å². The number of hydrogen-bond donors (Lipinski definition) is 0.